The first-order valence-corrected chi connectivity index (χ1v) is 8.06. The van der Waals surface area contributed by atoms with Crippen molar-refractivity contribution in [2.45, 2.75) is 19.9 Å². The fraction of sp³-hybridized carbons (Fsp3) is 0.200. The molecule has 0 aliphatic heterocycles. The molecule has 1 aromatic heterocycles. The van der Waals surface area contributed by atoms with E-state index in [4.69, 9.17) is 9.26 Å². The third kappa shape index (κ3) is 4.47. The van der Waals surface area contributed by atoms with Gasteiger partial charge >= 0.3 is 0 Å². The summed E-state index contributed by atoms with van der Waals surface area (Å²) in [4.78, 5) is 12.1. The lowest BCUT2D eigenvalue weighted by molar-refractivity contribution is -0.120. The van der Waals surface area contributed by atoms with Crippen LogP contribution in [0.3, 0.4) is 0 Å². The number of nitrogens with zero attached hydrogens (tertiary/aromatic N) is 1. The molecule has 0 bridgehead atoms. The van der Waals surface area contributed by atoms with E-state index in [1.807, 2.05) is 61.5 Å². The van der Waals surface area contributed by atoms with Crippen molar-refractivity contribution in [3.63, 3.8) is 0 Å². The van der Waals surface area contributed by atoms with E-state index in [-0.39, 0.29) is 5.91 Å². The predicted octanol–water partition coefficient (Wildman–Crippen LogP) is 3.52. The largest absolute Gasteiger partial charge is 0.497 e. The first-order chi connectivity index (χ1) is 12.1. The van der Waals surface area contributed by atoms with Gasteiger partial charge in [0, 0.05) is 11.6 Å². The maximum atomic E-state index is 12.1. The zero-order chi connectivity index (χ0) is 17.6. The molecule has 2 aromatic carbocycles. The highest BCUT2D eigenvalue weighted by Crippen LogP contribution is 2.20. The van der Waals surface area contributed by atoms with Crippen LogP contribution in [0.5, 0.6) is 5.75 Å². The summed E-state index contributed by atoms with van der Waals surface area (Å²) in [6.07, 6.45) is 0.312. The van der Waals surface area contributed by atoms with Crippen molar-refractivity contribution in [2.75, 3.05) is 7.11 Å². The fourth-order valence-corrected chi connectivity index (χ4v) is 2.43. The first kappa shape index (κ1) is 16.8. The van der Waals surface area contributed by atoms with E-state index in [9.17, 15) is 4.79 Å². The van der Waals surface area contributed by atoms with Crippen LogP contribution in [0.25, 0.3) is 11.3 Å². The van der Waals surface area contributed by atoms with Crippen molar-refractivity contribution in [3.05, 3.63) is 71.4 Å². The smallest absolute Gasteiger partial charge is 0.224 e. The summed E-state index contributed by atoms with van der Waals surface area (Å²) in [7, 11) is 1.62. The van der Waals surface area contributed by atoms with Crippen molar-refractivity contribution in [1.82, 2.24) is 10.5 Å². The van der Waals surface area contributed by atoms with Gasteiger partial charge in [-0.15, -0.1) is 0 Å². The monoisotopic (exact) mass is 336 g/mol. The summed E-state index contributed by atoms with van der Waals surface area (Å²) in [6, 6.07) is 17.3. The minimum absolute atomic E-state index is 0.0648. The van der Waals surface area contributed by atoms with Crippen LogP contribution < -0.4 is 10.1 Å². The number of ether oxygens (including phenoxy) is 1. The fourth-order valence-electron chi connectivity index (χ4n) is 2.43. The molecular formula is C20H20N2O3. The summed E-state index contributed by atoms with van der Waals surface area (Å²) >= 11 is 0. The van der Waals surface area contributed by atoms with Crippen molar-refractivity contribution in [1.29, 1.82) is 0 Å². The van der Waals surface area contributed by atoms with E-state index in [2.05, 4.69) is 10.5 Å². The molecule has 3 aromatic rings. The Morgan fingerprint density at radius 2 is 1.84 bits per heavy atom. The second kappa shape index (κ2) is 7.66. The van der Waals surface area contributed by atoms with Gasteiger partial charge in [-0.05, 0) is 24.6 Å². The summed E-state index contributed by atoms with van der Waals surface area (Å²) in [5.74, 6) is 1.40. The Hall–Kier alpha value is -3.08. The Morgan fingerprint density at radius 1 is 1.12 bits per heavy atom. The van der Waals surface area contributed by atoms with Crippen LogP contribution >= 0.6 is 0 Å². The molecule has 128 valence electrons. The van der Waals surface area contributed by atoms with Crippen molar-refractivity contribution in [2.24, 2.45) is 0 Å². The maximum Gasteiger partial charge on any atom is 0.224 e. The van der Waals surface area contributed by atoms with Gasteiger partial charge < -0.3 is 14.6 Å². The van der Waals surface area contributed by atoms with E-state index < -0.39 is 0 Å². The molecule has 1 amide bonds. The maximum absolute atomic E-state index is 12.1. The van der Waals surface area contributed by atoms with Crippen LogP contribution in [0.4, 0.5) is 0 Å². The van der Waals surface area contributed by atoms with Crippen molar-refractivity contribution < 1.29 is 14.1 Å². The molecule has 5 heteroatoms. The van der Waals surface area contributed by atoms with E-state index in [0.29, 0.717) is 24.4 Å². The van der Waals surface area contributed by atoms with Gasteiger partial charge in [0.15, 0.2) is 5.76 Å². The highest BCUT2D eigenvalue weighted by molar-refractivity contribution is 5.78. The number of nitrogens with one attached hydrogen (secondary N) is 1. The van der Waals surface area contributed by atoms with Crippen LogP contribution in [0.2, 0.25) is 0 Å². The molecule has 0 spiro atoms. The molecule has 0 saturated carbocycles. The van der Waals surface area contributed by atoms with Gasteiger partial charge in [0.2, 0.25) is 5.91 Å². The summed E-state index contributed by atoms with van der Waals surface area (Å²) in [6.45, 7) is 2.37. The molecule has 1 N–H and O–H groups in total. The van der Waals surface area contributed by atoms with Crippen LogP contribution in [-0.4, -0.2) is 18.2 Å². The van der Waals surface area contributed by atoms with Crippen LogP contribution in [0.15, 0.2) is 59.1 Å². The predicted molar refractivity (Wildman–Crippen MR) is 95.2 cm³/mol. The quantitative estimate of drug-likeness (QED) is 0.748. The molecule has 3 rings (SSSR count). The molecule has 0 radical (unpaired) electrons. The van der Waals surface area contributed by atoms with Gasteiger partial charge in [0.25, 0.3) is 0 Å². The van der Waals surface area contributed by atoms with Gasteiger partial charge in [-0.1, -0.05) is 47.1 Å². The third-order valence-corrected chi connectivity index (χ3v) is 3.89. The number of benzene rings is 2. The highest BCUT2D eigenvalue weighted by atomic mass is 16.5. The number of rotatable bonds is 6. The second-order valence-corrected chi connectivity index (χ2v) is 5.85. The van der Waals surface area contributed by atoms with Crippen LogP contribution in [0.1, 0.15) is 16.8 Å². The van der Waals surface area contributed by atoms with Crippen LogP contribution in [-0.2, 0) is 17.8 Å². The van der Waals surface area contributed by atoms with Gasteiger partial charge in [-0.3, -0.25) is 4.79 Å². The SMILES string of the molecule is COc1ccc(CC(=O)NCc2cc(-c3ccc(C)cc3)on2)cc1. The lowest BCUT2D eigenvalue weighted by atomic mass is 10.1. The minimum atomic E-state index is -0.0648. The topological polar surface area (TPSA) is 64.4 Å². The number of carbonyl (C=O) groups is 1. The number of methoxy groups -OCH3 is 1. The minimum Gasteiger partial charge on any atom is -0.497 e. The molecular weight excluding hydrogens is 316 g/mol. The molecule has 0 aliphatic rings. The third-order valence-electron chi connectivity index (χ3n) is 3.89. The molecule has 0 atom stereocenters. The Kier molecular flexibility index (Phi) is 5.14. The van der Waals surface area contributed by atoms with Gasteiger partial charge in [-0.2, -0.15) is 0 Å². The standard InChI is InChI=1S/C20H20N2O3/c1-14-3-7-16(8-4-14)19-12-17(22-25-19)13-21-20(23)11-15-5-9-18(24-2)10-6-15/h3-10,12H,11,13H2,1-2H3,(H,21,23). The van der Waals surface area contributed by atoms with E-state index in [1.54, 1.807) is 7.11 Å². The molecule has 0 unspecified atom stereocenters. The molecule has 1 heterocycles. The van der Waals surface area contributed by atoms with Crippen molar-refractivity contribution in [3.8, 4) is 17.1 Å². The molecule has 0 aliphatic carbocycles. The van der Waals surface area contributed by atoms with E-state index >= 15 is 0 Å². The highest BCUT2D eigenvalue weighted by Gasteiger charge is 2.09. The number of hydrogen-bond donors (Lipinski definition) is 1. The first-order valence-electron chi connectivity index (χ1n) is 8.06. The second-order valence-electron chi connectivity index (χ2n) is 5.85. The van der Waals surface area contributed by atoms with Gasteiger partial charge in [-0.25, -0.2) is 0 Å². The molecule has 0 saturated heterocycles. The molecule has 0 fully saturated rings. The van der Waals surface area contributed by atoms with E-state index in [1.165, 1.54) is 5.56 Å². The normalized spacial score (nSPS) is 10.5. The van der Waals surface area contributed by atoms with E-state index in [0.717, 1.165) is 16.9 Å². The Morgan fingerprint density at radius 3 is 2.52 bits per heavy atom. The average Bonchev–Trinajstić information content (AvgIpc) is 3.10. The van der Waals surface area contributed by atoms with Gasteiger partial charge in [0.05, 0.1) is 20.1 Å². The zero-order valence-electron chi connectivity index (χ0n) is 14.3. The van der Waals surface area contributed by atoms with Crippen LogP contribution in [0, 0.1) is 6.92 Å². The number of amides is 1. The summed E-state index contributed by atoms with van der Waals surface area (Å²) in [5.41, 5.74) is 3.78. The zero-order valence-corrected chi connectivity index (χ0v) is 14.3. The number of carbonyl (C=O) groups excluding carboxylic acids is 1. The Balaban J connectivity index is 1.54. The number of aryl methyl sites for hydroxylation is 1. The number of hydrogen-bond acceptors (Lipinski definition) is 4. The summed E-state index contributed by atoms with van der Waals surface area (Å²) < 4.78 is 10.5. The van der Waals surface area contributed by atoms with Gasteiger partial charge in [0.1, 0.15) is 11.4 Å². The lowest BCUT2D eigenvalue weighted by Gasteiger charge is -2.04. The average molecular weight is 336 g/mol. The molecule has 5 nitrogen and oxygen atoms in total. The Bertz CT molecular complexity index is 836. The summed E-state index contributed by atoms with van der Waals surface area (Å²) in [5, 5.41) is 6.87. The lowest BCUT2D eigenvalue weighted by Crippen LogP contribution is -2.24. The number of aromatic nitrogens is 1. The Labute approximate surface area is 146 Å². The molecule has 25 heavy (non-hydrogen) atoms. The van der Waals surface area contributed by atoms with Crippen molar-refractivity contribution >= 4 is 5.91 Å².